The Bertz CT molecular complexity index is 452. The second kappa shape index (κ2) is 8.76. The van der Waals surface area contributed by atoms with Crippen LogP contribution >= 0.6 is 0 Å². The molecule has 2 rings (SSSR count). The van der Waals surface area contributed by atoms with Crippen LogP contribution in [-0.2, 0) is 11.3 Å². The minimum Gasteiger partial charge on any atom is -0.445 e. The van der Waals surface area contributed by atoms with Crippen molar-refractivity contribution < 1.29 is 9.53 Å². The van der Waals surface area contributed by atoms with Crippen molar-refractivity contribution >= 4 is 6.09 Å². The number of piperidine rings is 1. The lowest BCUT2D eigenvalue weighted by Crippen LogP contribution is -2.50. The van der Waals surface area contributed by atoms with Gasteiger partial charge < -0.3 is 15.4 Å². The summed E-state index contributed by atoms with van der Waals surface area (Å²) in [7, 11) is 0. The Morgan fingerprint density at radius 3 is 2.86 bits per heavy atom. The molecule has 0 aromatic heterocycles. The third kappa shape index (κ3) is 4.71. The number of hydrogen-bond donors (Lipinski definition) is 1. The molecule has 1 aromatic rings. The fraction of sp³-hybridized carbons (Fsp3) is 0.588. The summed E-state index contributed by atoms with van der Waals surface area (Å²) < 4.78 is 5.43. The second-order valence-corrected chi connectivity index (χ2v) is 5.70. The van der Waals surface area contributed by atoms with Gasteiger partial charge in [-0.3, -0.25) is 4.90 Å². The average molecular weight is 305 g/mol. The van der Waals surface area contributed by atoms with Crippen LogP contribution in [0.25, 0.3) is 0 Å². The minimum atomic E-state index is -0.211. The van der Waals surface area contributed by atoms with E-state index in [2.05, 4.69) is 11.8 Å². The molecule has 0 aliphatic carbocycles. The van der Waals surface area contributed by atoms with Crippen molar-refractivity contribution in [3.05, 3.63) is 35.9 Å². The molecule has 0 unspecified atom stereocenters. The number of rotatable bonds is 6. The lowest BCUT2D eigenvalue weighted by Gasteiger charge is -2.38. The summed E-state index contributed by atoms with van der Waals surface area (Å²) in [5, 5.41) is 0. The van der Waals surface area contributed by atoms with Crippen LogP contribution in [0.2, 0.25) is 0 Å². The molecule has 5 nitrogen and oxygen atoms in total. The Balaban J connectivity index is 1.84. The first-order chi connectivity index (χ1) is 10.7. The maximum Gasteiger partial charge on any atom is 0.410 e. The molecule has 1 aromatic carbocycles. The molecule has 5 heteroatoms. The SMILES string of the molecule is CCN(CCN)[C@@H]1CCCN(C(=O)OCc2ccccc2)C1. The lowest BCUT2D eigenvalue weighted by atomic mass is 10.0. The van der Waals surface area contributed by atoms with Crippen LogP contribution in [0.4, 0.5) is 4.79 Å². The van der Waals surface area contributed by atoms with Gasteiger partial charge in [-0.05, 0) is 24.9 Å². The van der Waals surface area contributed by atoms with E-state index in [0.717, 1.165) is 44.6 Å². The molecular weight excluding hydrogens is 278 g/mol. The Morgan fingerprint density at radius 1 is 1.41 bits per heavy atom. The van der Waals surface area contributed by atoms with E-state index in [4.69, 9.17) is 10.5 Å². The van der Waals surface area contributed by atoms with Crippen molar-refractivity contribution in [2.45, 2.75) is 32.4 Å². The van der Waals surface area contributed by atoms with Gasteiger partial charge in [0.15, 0.2) is 0 Å². The molecule has 1 heterocycles. The van der Waals surface area contributed by atoms with E-state index in [1.54, 1.807) is 0 Å². The van der Waals surface area contributed by atoms with Gasteiger partial charge in [0.25, 0.3) is 0 Å². The Labute approximate surface area is 133 Å². The number of hydrogen-bond acceptors (Lipinski definition) is 4. The van der Waals surface area contributed by atoms with Gasteiger partial charge in [-0.1, -0.05) is 37.3 Å². The number of carbonyl (C=O) groups is 1. The summed E-state index contributed by atoms with van der Waals surface area (Å²) in [6.45, 7) is 6.50. The quantitative estimate of drug-likeness (QED) is 0.874. The summed E-state index contributed by atoms with van der Waals surface area (Å²) in [6, 6.07) is 10.2. The molecule has 1 saturated heterocycles. The molecule has 0 bridgehead atoms. The monoisotopic (exact) mass is 305 g/mol. The molecular formula is C17H27N3O2. The summed E-state index contributed by atoms with van der Waals surface area (Å²) in [5.41, 5.74) is 6.69. The highest BCUT2D eigenvalue weighted by Crippen LogP contribution is 2.17. The Morgan fingerprint density at radius 2 is 2.18 bits per heavy atom. The first-order valence-corrected chi connectivity index (χ1v) is 8.14. The van der Waals surface area contributed by atoms with E-state index in [1.165, 1.54) is 0 Å². The topological polar surface area (TPSA) is 58.8 Å². The molecule has 1 aliphatic rings. The van der Waals surface area contributed by atoms with Gasteiger partial charge >= 0.3 is 6.09 Å². The van der Waals surface area contributed by atoms with Crippen LogP contribution in [0.1, 0.15) is 25.3 Å². The predicted octanol–water partition coefficient (Wildman–Crippen LogP) is 2.07. The van der Waals surface area contributed by atoms with Crippen molar-refractivity contribution in [2.24, 2.45) is 5.73 Å². The lowest BCUT2D eigenvalue weighted by molar-refractivity contribution is 0.0627. The zero-order valence-corrected chi connectivity index (χ0v) is 13.4. The van der Waals surface area contributed by atoms with Gasteiger partial charge in [-0.2, -0.15) is 0 Å². The number of nitrogens with two attached hydrogens (primary N) is 1. The Kier molecular flexibility index (Phi) is 6.68. The molecule has 0 radical (unpaired) electrons. The van der Waals surface area contributed by atoms with Crippen molar-refractivity contribution in [1.82, 2.24) is 9.80 Å². The highest BCUT2D eigenvalue weighted by atomic mass is 16.6. The van der Waals surface area contributed by atoms with Gasteiger partial charge in [0, 0.05) is 32.2 Å². The van der Waals surface area contributed by atoms with E-state index in [0.29, 0.717) is 19.2 Å². The second-order valence-electron chi connectivity index (χ2n) is 5.70. The molecule has 1 fully saturated rings. The normalized spacial score (nSPS) is 18.5. The Hall–Kier alpha value is -1.59. The van der Waals surface area contributed by atoms with Crippen LogP contribution in [0.5, 0.6) is 0 Å². The highest BCUT2D eigenvalue weighted by Gasteiger charge is 2.27. The maximum absolute atomic E-state index is 12.2. The van der Waals surface area contributed by atoms with Crippen LogP contribution < -0.4 is 5.73 Å². The molecule has 2 N–H and O–H groups in total. The largest absolute Gasteiger partial charge is 0.445 e. The number of nitrogens with zero attached hydrogens (tertiary/aromatic N) is 2. The molecule has 1 aliphatic heterocycles. The standard InChI is InChI=1S/C17H27N3O2/c1-2-19(12-10-18)16-9-6-11-20(13-16)17(21)22-14-15-7-4-3-5-8-15/h3-5,7-8,16H,2,6,9-14,18H2,1H3/t16-/m1/s1. The molecule has 1 amide bonds. The van der Waals surface area contributed by atoms with E-state index in [-0.39, 0.29) is 6.09 Å². The van der Waals surface area contributed by atoms with Crippen molar-refractivity contribution in [3.8, 4) is 0 Å². The third-order valence-electron chi connectivity index (χ3n) is 4.20. The molecule has 0 spiro atoms. The predicted molar refractivity (Wildman–Crippen MR) is 87.5 cm³/mol. The van der Waals surface area contributed by atoms with E-state index in [1.807, 2.05) is 35.2 Å². The van der Waals surface area contributed by atoms with Crippen LogP contribution in [0.3, 0.4) is 0 Å². The number of carbonyl (C=O) groups excluding carboxylic acids is 1. The smallest absolute Gasteiger partial charge is 0.410 e. The summed E-state index contributed by atoms with van der Waals surface area (Å²) in [4.78, 5) is 16.4. The van der Waals surface area contributed by atoms with Gasteiger partial charge in [-0.15, -0.1) is 0 Å². The highest BCUT2D eigenvalue weighted by molar-refractivity contribution is 5.67. The summed E-state index contributed by atoms with van der Waals surface area (Å²) in [5.74, 6) is 0. The van der Waals surface area contributed by atoms with Crippen LogP contribution in [0.15, 0.2) is 30.3 Å². The van der Waals surface area contributed by atoms with E-state index < -0.39 is 0 Å². The molecule has 1 atom stereocenters. The first kappa shape index (κ1) is 16.8. The van der Waals surface area contributed by atoms with Crippen molar-refractivity contribution in [2.75, 3.05) is 32.7 Å². The van der Waals surface area contributed by atoms with E-state index >= 15 is 0 Å². The number of ether oxygens (including phenoxy) is 1. The number of likely N-dealkylation sites (N-methyl/N-ethyl adjacent to an activating group) is 1. The van der Waals surface area contributed by atoms with Gasteiger partial charge in [0.2, 0.25) is 0 Å². The zero-order valence-electron chi connectivity index (χ0n) is 13.4. The average Bonchev–Trinajstić information content (AvgIpc) is 2.58. The van der Waals surface area contributed by atoms with Gasteiger partial charge in [0.1, 0.15) is 6.61 Å². The first-order valence-electron chi connectivity index (χ1n) is 8.14. The van der Waals surface area contributed by atoms with Gasteiger partial charge in [-0.25, -0.2) is 4.79 Å². The summed E-state index contributed by atoms with van der Waals surface area (Å²) in [6.07, 6.45) is 1.93. The third-order valence-corrected chi connectivity index (χ3v) is 4.20. The maximum atomic E-state index is 12.2. The van der Waals surface area contributed by atoms with E-state index in [9.17, 15) is 4.79 Å². The van der Waals surface area contributed by atoms with Gasteiger partial charge in [0.05, 0.1) is 0 Å². The number of amides is 1. The van der Waals surface area contributed by atoms with Crippen molar-refractivity contribution in [3.63, 3.8) is 0 Å². The summed E-state index contributed by atoms with van der Waals surface area (Å²) >= 11 is 0. The van der Waals surface area contributed by atoms with Crippen LogP contribution in [0, 0.1) is 0 Å². The fourth-order valence-electron chi connectivity index (χ4n) is 2.99. The fourth-order valence-corrected chi connectivity index (χ4v) is 2.99. The molecule has 22 heavy (non-hydrogen) atoms. The molecule has 122 valence electrons. The number of benzene rings is 1. The number of likely N-dealkylation sites (tertiary alicyclic amines) is 1. The zero-order chi connectivity index (χ0) is 15.8. The van der Waals surface area contributed by atoms with Crippen molar-refractivity contribution in [1.29, 1.82) is 0 Å². The minimum absolute atomic E-state index is 0.211. The molecule has 0 saturated carbocycles. The van der Waals surface area contributed by atoms with Crippen LogP contribution in [-0.4, -0.2) is 54.7 Å².